The van der Waals surface area contributed by atoms with Crippen LogP contribution in [0.1, 0.15) is 39.9 Å². The van der Waals surface area contributed by atoms with Crippen LogP contribution in [0.25, 0.3) is 0 Å². The number of halogens is 1. The van der Waals surface area contributed by atoms with Crippen LogP contribution in [0.2, 0.25) is 0 Å². The number of aryl methyl sites for hydroxylation is 1. The maximum absolute atomic E-state index is 13.8. The van der Waals surface area contributed by atoms with Crippen LogP contribution in [0.5, 0.6) is 0 Å². The first-order valence-corrected chi connectivity index (χ1v) is 11.6. The number of hydrogen-bond acceptors (Lipinski definition) is 3. The second kappa shape index (κ2) is 11.1. The molecule has 5 nitrogen and oxygen atoms in total. The average Bonchev–Trinajstić information content (AvgIpc) is 3.36. The minimum Gasteiger partial charge on any atom is -0.376 e. The van der Waals surface area contributed by atoms with Gasteiger partial charge in [0.15, 0.2) is 0 Å². The minimum atomic E-state index is -0.342. The van der Waals surface area contributed by atoms with Gasteiger partial charge in [0.1, 0.15) is 5.82 Å². The largest absolute Gasteiger partial charge is 0.376 e. The smallest absolute Gasteiger partial charge is 0.258 e. The first-order chi connectivity index (χ1) is 16.5. The van der Waals surface area contributed by atoms with Crippen molar-refractivity contribution < 1.29 is 18.7 Å². The average molecular weight is 461 g/mol. The number of benzene rings is 3. The molecule has 2 amide bonds. The molecule has 0 aliphatic carbocycles. The first kappa shape index (κ1) is 23.6. The van der Waals surface area contributed by atoms with Crippen molar-refractivity contribution in [2.45, 2.75) is 38.8 Å². The number of amides is 2. The summed E-state index contributed by atoms with van der Waals surface area (Å²) in [5.41, 5.74) is 3.69. The number of hydrogen-bond donors (Lipinski definition) is 1. The van der Waals surface area contributed by atoms with Crippen LogP contribution >= 0.6 is 0 Å². The highest BCUT2D eigenvalue weighted by atomic mass is 19.1. The van der Waals surface area contributed by atoms with Gasteiger partial charge in [0, 0.05) is 24.4 Å². The van der Waals surface area contributed by atoms with E-state index in [0.29, 0.717) is 23.4 Å². The lowest BCUT2D eigenvalue weighted by atomic mass is 10.1. The van der Waals surface area contributed by atoms with Crippen LogP contribution in [0.4, 0.5) is 10.1 Å². The number of ether oxygens (including phenoxy) is 1. The molecule has 3 aromatic rings. The molecule has 0 radical (unpaired) electrons. The van der Waals surface area contributed by atoms with Crippen molar-refractivity contribution in [3.05, 3.63) is 101 Å². The Morgan fingerprint density at radius 1 is 1.03 bits per heavy atom. The molecule has 0 aromatic heterocycles. The van der Waals surface area contributed by atoms with Crippen molar-refractivity contribution in [2.24, 2.45) is 0 Å². The summed E-state index contributed by atoms with van der Waals surface area (Å²) in [4.78, 5) is 27.4. The lowest BCUT2D eigenvalue weighted by Gasteiger charge is -2.24. The van der Waals surface area contributed by atoms with E-state index in [0.717, 1.165) is 30.6 Å². The van der Waals surface area contributed by atoms with Gasteiger partial charge in [0.25, 0.3) is 5.91 Å². The first-order valence-electron chi connectivity index (χ1n) is 11.6. The van der Waals surface area contributed by atoms with E-state index in [2.05, 4.69) is 5.32 Å². The van der Waals surface area contributed by atoms with Crippen LogP contribution in [0.15, 0.2) is 72.8 Å². The number of nitrogens with zero attached hydrogens (tertiary/aromatic N) is 1. The Bertz CT molecular complexity index is 1140. The quantitative estimate of drug-likeness (QED) is 0.524. The van der Waals surface area contributed by atoms with E-state index in [-0.39, 0.29) is 36.7 Å². The summed E-state index contributed by atoms with van der Waals surface area (Å²) in [6.45, 7) is 3.41. The lowest BCUT2D eigenvalue weighted by molar-refractivity contribution is -0.120. The lowest BCUT2D eigenvalue weighted by Crippen LogP contribution is -2.33. The van der Waals surface area contributed by atoms with Crippen molar-refractivity contribution >= 4 is 17.5 Å². The topological polar surface area (TPSA) is 58.6 Å². The van der Waals surface area contributed by atoms with Gasteiger partial charge in [-0.2, -0.15) is 0 Å². The van der Waals surface area contributed by atoms with Gasteiger partial charge in [0.2, 0.25) is 5.91 Å². The maximum atomic E-state index is 13.8. The van der Waals surface area contributed by atoms with E-state index in [1.807, 2.05) is 49.4 Å². The summed E-state index contributed by atoms with van der Waals surface area (Å²) in [6, 6.07) is 21.0. The summed E-state index contributed by atoms with van der Waals surface area (Å²) in [7, 11) is 0. The van der Waals surface area contributed by atoms with Crippen LogP contribution in [0.3, 0.4) is 0 Å². The number of carbonyl (C=O) groups is 2. The SMILES string of the molecule is Cc1ccccc1C(=O)N(Cc1cccc(F)c1)c1ccc(CC(=O)NC[C@@H]2CCCO2)cc1. The van der Waals surface area contributed by atoms with E-state index in [9.17, 15) is 14.0 Å². The van der Waals surface area contributed by atoms with Crippen LogP contribution < -0.4 is 10.2 Å². The van der Waals surface area contributed by atoms with E-state index >= 15 is 0 Å². The predicted molar refractivity (Wildman–Crippen MR) is 130 cm³/mol. The van der Waals surface area contributed by atoms with Gasteiger partial charge in [-0.1, -0.05) is 42.5 Å². The molecular weight excluding hydrogens is 431 g/mol. The Balaban J connectivity index is 1.50. The third-order valence-electron chi connectivity index (χ3n) is 6.01. The Labute approximate surface area is 199 Å². The molecule has 1 fully saturated rings. The highest BCUT2D eigenvalue weighted by Gasteiger charge is 2.20. The van der Waals surface area contributed by atoms with Gasteiger partial charge < -0.3 is 15.0 Å². The maximum Gasteiger partial charge on any atom is 0.258 e. The second-order valence-electron chi connectivity index (χ2n) is 8.62. The molecule has 176 valence electrons. The van der Waals surface area contributed by atoms with Gasteiger partial charge >= 0.3 is 0 Å². The number of nitrogens with one attached hydrogen (secondary N) is 1. The second-order valence-corrected chi connectivity index (χ2v) is 8.62. The Hall–Kier alpha value is -3.51. The van der Waals surface area contributed by atoms with Crippen molar-refractivity contribution in [3.63, 3.8) is 0 Å². The standard InChI is InChI=1S/C28H29FN2O3/c1-20-6-2-3-10-26(20)28(33)31(19-22-7-4-8-23(29)16-22)24-13-11-21(12-14-24)17-27(32)30-18-25-9-5-15-34-25/h2-4,6-8,10-14,16,25H,5,9,15,17-19H2,1H3,(H,30,32)/t25-/m0/s1. The Kier molecular flexibility index (Phi) is 7.70. The molecule has 1 aliphatic rings. The molecule has 34 heavy (non-hydrogen) atoms. The van der Waals surface area contributed by atoms with E-state index in [1.54, 1.807) is 23.1 Å². The fourth-order valence-corrected chi connectivity index (χ4v) is 4.13. The monoisotopic (exact) mass is 460 g/mol. The fourth-order valence-electron chi connectivity index (χ4n) is 4.13. The molecule has 1 N–H and O–H groups in total. The van der Waals surface area contributed by atoms with E-state index < -0.39 is 0 Å². The third kappa shape index (κ3) is 6.08. The van der Waals surface area contributed by atoms with Crippen LogP contribution in [-0.2, 0) is 22.5 Å². The molecule has 0 spiro atoms. The molecule has 0 unspecified atom stereocenters. The minimum absolute atomic E-state index is 0.0594. The van der Waals surface area contributed by atoms with E-state index in [1.165, 1.54) is 12.1 Å². The zero-order valence-electron chi connectivity index (χ0n) is 19.3. The van der Waals surface area contributed by atoms with Gasteiger partial charge in [-0.3, -0.25) is 9.59 Å². The molecule has 6 heteroatoms. The number of carbonyl (C=O) groups excluding carboxylic acids is 2. The predicted octanol–water partition coefficient (Wildman–Crippen LogP) is 4.82. The van der Waals surface area contributed by atoms with Gasteiger partial charge in [-0.25, -0.2) is 4.39 Å². The van der Waals surface area contributed by atoms with Crippen molar-refractivity contribution in [1.82, 2.24) is 5.32 Å². The van der Waals surface area contributed by atoms with Gasteiger partial charge in [-0.05, 0) is 66.8 Å². The normalized spacial score (nSPS) is 15.2. The zero-order chi connectivity index (χ0) is 23.9. The van der Waals surface area contributed by atoms with Gasteiger partial charge in [-0.15, -0.1) is 0 Å². The molecule has 1 aliphatic heterocycles. The molecule has 1 heterocycles. The number of rotatable bonds is 8. The molecule has 1 atom stereocenters. The molecule has 0 bridgehead atoms. The molecule has 1 saturated heterocycles. The fraction of sp³-hybridized carbons (Fsp3) is 0.286. The Morgan fingerprint density at radius 3 is 2.53 bits per heavy atom. The van der Waals surface area contributed by atoms with Crippen LogP contribution in [-0.4, -0.2) is 31.1 Å². The van der Waals surface area contributed by atoms with Crippen molar-refractivity contribution in [1.29, 1.82) is 0 Å². The summed E-state index contributed by atoms with van der Waals surface area (Å²) in [5.74, 6) is -0.564. The highest BCUT2D eigenvalue weighted by Crippen LogP contribution is 2.23. The summed E-state index contributed by atoms with van der Waals surface area (Å²) < 4.78 is 19.3. The third-order valence-corrected chi connectivity index (χ3v) is 6.01. The molecule has 4 rings (SSSR count). The summed E-state index contributed by atoms with van der Waals surface area (Å²) >= 11 is 0. The highest BCUT2D eigenvalue weighted by molar-refractivity contribution is 6.07. The Morgan fingerprint density at radius 2 is 1.82 bits per heavy atom. The number of anilines is 1. The molecule has 3 aromatic carbocycles. The van der Waals surface area contributed by atoms with Crippen molar-refractivity contribution in [3.8, 4) is 0 Å². The van der Waals surface area contributed by atoms with E-state index in [4.69, 9.17) is 4.74 Å². The van der Waals surface area contributed by atoms with Gasteiger partial charge in [0.05, 0.1) is 19.1 Å². The summed E-state index contributed by atoms with van der Waals surface area (Å²) in [5, 5.41) is 2.93. The summed E-state index contributed by atoms with van der Waals surface area (Å²) in [6.07, 6.45) is 2.37. The van der Waals surface area contributed by atoms with Crippen molar-refractivity contribution in [2.75, 3.05) is 18.1 Å². The van der Waals surface area contributed by atoms with Crippen LogP contribution in [0, 0.1) is 12.7 Å². The molecular formula is C28H29FN2O3. The molecule has 0 saturated carbocycles. The zero-order valence-corrected chi connectivity index (χ0v) is 19.3.